The van der Waals surface area contributed by atoms with Crippen LogP contribution in [0.3, 0.4) is 0 Å². The molecule has 0 fully saturated rings. The van der Waals surface area contributed by atoms with Crippen molar-refractivity contribution in [2.24, 2.45) is 0 Å². The Morgan fingerprint density at radius 1 is 0.962 bits per heavy atom. The lowest BCUT2D eigenvalue weighted by Gasteiger charge is -2.01. The summed E-state index contributed by atoms with van der Waals surface area (Å²) in [6, 6.07) is 18.6. The molecule has 1 aliphatic heterocycles. The quantitative estimate of drug-likeness (QED) is 0.361. The number of carbonyl (C=O) groups is 1. The molecule has 3 aromatic rings. The molecular weight excluding hydrogens is 416 g/mol. The van der Waals surface area contributed by atoms with Crippen LogP contribution in [0.25, 0.3) is 23.2 Å². The van der Waals surface area contributed by atoms with Gasteiger partial charge in [-0.2, -0.15) is 0 Å². The minimum atomic E-state index is -0.399. The van der Waals surface area contributed by atoms with Gasteiger partial charge in [-0.15, -0.1) is 0 Å². The van der Waals surface area contributed by atoms with Gasteiger partial charge in [0.1, 0.15) is 17.3 Å². The van der Waals surface area contributed by atoms with Gasteiger partial charge >= 0.3 is 5.97 Å². The Balaban J connectivity index is 1.62. The Morgan fingerprint density at radius 2 is 1.77 bits per heavy atom. The minimum Gasteiger partial charge on any atom is -0.457 e. The number of benzene rings is 2. The first kappa shape index (κ1) is 16.9. The van der Waals surface area contributed by atoms with Gasteiger partial charge in [0.15, 0.2) is 0 Å². The molecule has 1 aliphatic rings. The Hall–Kier alpha value is -2.56. The molecule has 0 amide bonds. The summed E-state index contributed by atoms with van der Waals surface area (Å²) in [5.41, 5.74) is 2.15. The predicted octanol–water partition coefficient (Wildman–Crippen LogP) is 6.34. The Bertz CT molecular complexity index is 1050. The van der Waals surface area contributed by atoms with Gasteiger partial charge in [-0.05, 0) is 48.6 Å². The van der Waals surface area contributed by atoms with Gasteiger partial charge < -0.3 is 9.15 Å². The zero-order valence-electron chi connectivity index (χ0n) is 13.4. The molecule has 0 bridgehead atoms. The van der Waals surface area contributed by atoms with E-state index in [1.807, 2.05) is 54.6 Å². The maximum atomic E-state index is 12.1. The highest BCUT2D eigenvalue weighted by Gasteiger charge is 2.22. The molecule has 0 aliphatic carbocycles. The van der Waals surface area contributed by atoms with Crippen molar-refractivity contribution in [2.75, 3.05) is 0 Å². The molecule has 128 valence electrons. The van der Waals surface area contributed by atoms with Crippen LogP contribution in [-0.2, 0) is 9.53 Å². The summed E-state index contributed by atoms with van der Waals surface area (Å²) in [7, 11) is 0. The number of esters is 1. The van der Waals surface area contributed by atoms with Crippen molar-refractivity contribution in [3.8, 4) is 11.3 Å². The molecule has 0 N–H and O–H groups in total. The molecule has 2 heterocycles. The first-order valence-corrected chi connectivity index (χ1v) is 9.03. The number of rotatable bonds is 3. The number of cyclic esters (lactones) is 1. The van der Waals surface area contributed by atoms with Crippen LogP contribution in [0.1, 0.15) is 11.3 Å². The second kappa shape index (κ2) is 6.98. The Labute approximate surface area is 163 Å². The van der Waals surface area contributed by atoms with Gasteiger partial charge in [0.25, 0.3) is 0 Å². The van der Waals surface area contributed by atoms with Crippen molar-refractivity contribution in [3.05, 3.63) is 93.1 Å². The van der Waals surface area contributed by atoms with E-state index in [1.54, 1.807) is 18.2 Å². The number of furan rings is 1. The number of hydrogen-bond acceptors (Lipinski definition) is 3. The summed E-state index contributed by atoms with van der Waals surface area (Å²) in [6.45, 7) is 0. The average molecular weight is 428 g/mol. The van der Waals surface area contributed by atoms with E-state index in [0.29, 0.717) is 27.9 Å². The van der Waals surface area contributed by atoms with Crippen LogP contribution in [0.15, 0.2) is 81.2 Å². The highest BCUT2D eigenvalue weighted by molar-refractivity contribution is 9.10. The first-order valence-electron chi connectivity index (χ1n) is 7.86. The van der Waals surface area contributed by atoms with E-state index in [-0.39, 0.29) is 0 Å². The maximum Gasteiger partial charge on any atom is 0.343 e. The van der Waals surface area contributed by atoms with Crippen LogP contribution in [0.2, 0.25) is 5.02 Å². The first-order chi connectivity index (χ1) is 12.6. The highest BCUT2D eigenvalue weighted by atomic mass is 79.9. The van der Waals surface area contributed by atoms with Crippen molar-refractivity contribution in [2.45, 2.75) is 0 Å². The molecule has 0 saturated heterocycles. The van der Waals surface area contributed by atoms with Gasteiger partial charge in [0.05, 0.1) is 5.57 Å². The fraction of sp³-hybridized carbons (Fsp3) is 0. The van der Waals surface area contributed by atoms with Crippen LogP contribution < -0.4 is 0 Å². The fourth-order valence-corrected chi connectivity index (χ4v) is 3.08. The topological polar surface area (TPSA) is 39.4 Å². The molecule has 1 aromatic heterocycles. The second-order valence-electron chi connectivity index (χ2n) is 5.72. The molecular formula is C21H12BrClO3. The van der Waals surface area contributed by atoms with Gasteiger partial charge in [-0.25, -0.2) is 4.79 Å². The third kappa shape index (κ3) is 3.52. The van der Waals surface area contributed by atoms with Gasteiger partial charge in [-0.1, -0.05) is 51.8 Å². The summed E-state index contributed by atoms with van der Waals surface area (Å²) in [4.78, 5) is 12.1. The molecule has 2 aromatic carbocycles. The molecule has 0 spiro atoms. The van der Waals surface area contributed by atoms with Gasteiger partial charge in [0, 0.05) is 20.6 Å². The van der Waals surface area contributed by atoms with Gasteiger partial charge in [-0.3, -0.25) is 0 Å². The highest BCUT2D eigenvalue weighted by Crippen LogP contribution is 2.30. The number of halogens is 2. The van der Waals surface area contributed by atoms with E-state index in [0.717, 1.165) is 15.6 Å². The van der Waals surface area contributed by atoms with Crippen molar-refractivity contribution in [1.82, 2.24) is 0 Å². The zero-order valence-corrected chi connectivity index (χ0v) is 15.8. The molecule has 26 heavy (non-hydrogen) atoms. The van der Waals surface area contributed by atoms with Crippen molar-refractivity contribution in [1.29, 1.82) is 0 Å². The smallest absolute Gasteiger partial charge is 0.343 e. The summed E-state index contributed by atoms with van der Waals surface area (Å²) in [5, 5.41) is 0.639. The SMILES string of the molecule is O=C1OC(c2ccc(Br)cc2)=C/C1=C\c1ccc(-c2cccc(Cl)c2)o1. The number of ether oxygens (including phenoxy) is 1. The molecule has 0 radical (unpaired) electrons. The molecule has 0 atom stereocenters. The normalized spacial score (nSPS) is 15.2. The Morgan fingerprint density at radius 3 is 2.54 bits per heavy atom. The monoisotopic (exact) mass is 426 g/mol. The van der Waals surface area contributed by atoms with E-state index in [9.17, 15) is 4.79 Å². The minimum absolute atomic E-state index is 0.399. The van der Waals surface area contributed by atoms with Gasteiger partial charge in [0.2, 0.25) is 0 Å². The molecule has 5 heteroatoms. The average Bonchev–Trinajstić information content (AvgIpc) is 3.23. The molecule has 4 rings (SSSR count). The second-order valence-corrected chi connectivity index (χ2v) is 7.07. The third-order valence-electron chi connectivity index (χ3n) is 3.89. The third-order valence-corrected chi connectivity index (χ3v) is 4.65. The van der Waals surface area contributed by atoms with E-state index in [2.05, 4.69) is 15.9 Å². The van der Waals surface area contributed by atoms with Crippen molar-refractivity contribution < 1.29 is 13.9 Å². The summed E-state index contributed by atoms with van der Waals surface area (Å²) in [6.07, 6.45) is 3.38. The fourth-order valence-electron chi connectivity index (χ4n) is 2.63. The molecule has 3 nitrogen and oxygen atoms in total. The molecule has 0 saturated carbocycles. The maximum absolute atomic E-state index is 12.1. The summed E-state index contributed by atoms with van der Waals surface area (Å²) < 4.78 is 12.1. The van der Waals surface area contributed by atoms with E-state index < -0.39 is 5.97 Å². The van der Waals surface area contributed by atoms with E-state index in [1.165, 1.54) is 0 Å². The standard InChI is InChI=1S/C21H12BrClO3/c22-16-6-4-13(5-7-16)20-12-15(21(24)26-20)11-18-8-9-19(25-18)14-2-1-3-17(23)10-14/h1-12H/b15-11+. The van der Waals surface area contributed by atoms with Crippen LogP contribution >= 0.6 is 27.5 Å². The zero-order chi connectivity index (χ0) is 18.1. The Kier molecular flexibility index (Phi) is 4.53. The van der Waals surface area contributed by atoms with Crippen LogP contribution in [0.4, 0.5) is 0 Å². The molecule has 0 unspecified atom stereocenters. The summed E-state index contributed by atoms with van der Waals surface area (Å²) >= 11 is 9.41. The van der Waals surface area contributed by atoms with Crippen molar-refractivity contribution >= 4 is 45.3 Å². The van der Waals surface area contributed by atoms with E-state index in [4.69, 9.17) is 20.8 Å². The number of hydrogen-bond donors (Lipinski definition) is 0. The van der Waals surface area contributed by atoms with Crippen LogP contribution in [0.5, 0.6) is 0 Å². The largest absolute Gasteiger partial charge is 0.457 e. The lowest BCUT2D eigenvalue weighted by molar-refractivity contribution is -0.130. The summed E-state index contributed by atoms with van der Waals surface area (Å²) in [5.74, 6) is 1.38. The predicted molar refractivity (Wildman–Crippen MR) is 105 cm³/mol. The lowest BCUT2D eigenvalue weighted by Crippen LogP contribution is -1.96. The van der Waals surface area contributed by atoms with E-state index >= 15 is 0 Å². The number of carbonyl (C=O) groups excluding carboxylic acids is 1. The lowest BCUT2D eigenvalue weighted by atomic mass is 10.1. The van der Waals surface area contributed by atoms with Crippen molar-refractivity contribution in [3.63, 3.8) is 0 Å². The van der Waals surface area contributed by atoms with Crippen LogP contribution in [-0.4, -0.2) is 5.97 Å². The van der Waals surface area contributed by atoms with Crippen LogP contribution in [0, 0.1) is 0 Å².